The number of amidine groups is 1. The van der Waals surface area contributed by atoms with E-state index in [9.17, 15) is 9.59 Å². The van der Waals surface area contributed by atoms with E-state index in [0.717, 1.165) is 49.3 Å². The number of hydrogen-bond acceptors (Lipinski definition) is 3. The van der Waals surface area contributed by atoms with Gasteiger partial charge in [-0.25, -0.2) is 4.79 Å². The number of carbonyl (C=O) groups excluding carboxylic acids is 2. The van der Waals surface area contributed by atoms with E-state index >= 15 is 0 Å². The summed E-state index contributed by atoms with van der Waals surface area (Å²) in [6.07, 6.45) is 5.44. The molecule has 1 aliphatic carbocycles. The predicted octanol–water partition coefficient (Wildman–Crippen LogP) is 2.77. The molecule has 4 rings (SSSR count). The lowest BCUT2D eigenvalue weighted by Crippen LogP contribution is -2.56. The summed E-state index contributed by atoms with van der Waals surface area (Å²) in [6, 6.07) is 7.81. The second kappa shape index (κ2) is 7.09. The molecule has 2 aliphatic heterocycles. The Kier molecular flexibility index (Phi) is 4.66. The zero-order valence-electron chi connectivity index (χ0n) is 15.3. The SMILES string of the molecule is C[C@H]1CCCC[C@H]1NC(=O)CN1C(=O)N2CCCN=C2c2ccccc21. The topological polar surface area (TPSA) is 65.0 Å². The number of carbonyl (C=O) groups is 2. The van der Waals surface area contributed by atoms with Crippen molar-refractivity contribution in [3.63, 3.8) is 0 Å². The number of anilines is 1. The van der Waals surface area contributed by atoms with Gasteiger partial charge in [-0.2, -0.15) is 0 Å². The van der Waals surface area contributed by atoms with Crippen LogP contribution in [0.5, 0.6) is 0 Å². The number of nitrogens with zero attached hydrogens (tertiary/aromatic N) is 3. The highest BCUT2D eigenvalue weighted by molar-refractivity contribution is 6.20. The van der Waals surface area contributed by atoms with Crippen molar-refractivity contribution < 1.29 is 9.59 Å². The maximum atomic E-state index is 13.0. The predicted molar refractivity (Wildman–Crippen MR) is 101 cm³/mol. The molecule has 1 aromatic carbocycles. The van der Waals surface area contributed by atoms with Crippen LogP contribution in [0.15, 0.2) is 29.3 Å². The van der Waals surface area contributed by atoms with Gasteiger partial charge in [0.1, 0.15) is 12.4 Å². The third kappa shape index (κ3) is 3.08. The van der Waals surface area contributed by atoms with Gasteiger partial charge in [0.05, 0.1) is 5.69 Å². The summed E-state index contributed by atoms with van der Waals surface area (Å²) < 4.78 is 0. The first-order valence-corrected chi connectivity index (χ1v) is 9.67. The molecule has 1 N–H and O–H groups in total. The fourth-order valence-corrected chi connectivity index (χ4v) is 4.25. The summed E-state index contributed by atoms with van der Waals surface area (Å²) in [7, 11) is 0. The van der Waals surface area contributed by atoms with E-state index in [1.165, 1.54) is 6.42 Å². The molecule has 26 heavy (non-hydrogen) atoms. The summed E-state index contributed by atoms with van der Waals surface area (Å²) in [5, 5.41) is 3.16. The van der Waals surface area contributed by atoms with E-state index in [-0.39, 0.29) is 24.5 Å². The maximum absolute atomic E-state index is 13.0. The summed E-state index contributed by atoms with van der Waals surface area (Å²) in [6.45, 7) is 3.65. The molecule has 1 saturated carbocycles. The Labute approximate surface area is 154 Å². The van der Waals surface area contributed by atoms with Gasteiger partial charge in [0, 0.05) is 24.7 Å². The van der Waals surface area contributed by atoms with Crippen molar-refractivity contribution in [2.24, 2.45) is 10.9 Å². The molecule has 0 aromatic heterocycles. The van der Waals surface area contributed by atoms with Crippen LogP contribution in [0.1, 0.15) is 44.6 Å². The van der Waals surface area contributed by atoms with Crippen LogP contribution in [0.3, 0.4) is 0 Å². The van der Waals surface area contributed by atoms with E-state index < -0.39 is 0 Å². The molecular weight excluding hydrogens is 328 g/mol. The van der Waals surface area contributed by atoms with Gasteiger partial charge in [-0.1, -0.05) is 31.9 Å². The molecule has 1 aromatic rings. The standard InChI is InChI=1S/C20H26N4O2/c1-14-7-2-4-9-16(14)22-18(25)13-24-17-10-5-3-8-15(17)19-21-11-6-12-23(19)20(24)26/h3,5,8,10,14,16H,2,4,6-7,9,11-13H2,1H3,(H,22,25)/t14-,16+/m0/s1. The minimum Gasteiger partial charge on any atom is -0.352 e. The van der Waals surface area contributed by atoms with Gasteiger partial charge >= 0.3 is 6.03 Å². The molecule has 3 amide bonds. The lowest BCUT2D eigenvalue weighted by Gasteiger charge is -2.39. The zero-order chi connectivity index (χ0) is 18.1. The van der Waals surface area contributed by atoms with E-state index in [1.54, 1.807) is 9.80 Å². The molecule has 2 heterocycles. The smallest absolute Gasteiger partial charge is 0.330 e. The Balaban J connectivity index is 1.55. The van der Waals surface area contributed by atoms with E-state index in [1.807, 2.05) is 24.3 Å². The quantitative estimate of drug-likeness (QED) is 0.907. The van der Waals surface area contributed by atoms with E-state index in [2.05, 4.69) is 17.2 Å². The van der Waals surface area contributed by atoms with Crippen molar-refractivity contribution in [3.05, 3.63) is 29.8 Å². The Morgan fingerprint density at radius 3 is 2.88 bits per heavy atom. The third-order valence-electron chi connectivity index (χ3n) is 5.71. The van der Waals surface area contributed by atoms with Crippen LogP contribution in [-0.2, 0) is 4.79 Å². The molecule has 3 aliphatic rings. The van der Waals surface area contributed by atoms with Crippen LogP contribution in [0.25, 0.3) is 0 Å². The fourth-order valence-electron chi connectivity index (χ4n) is 4.25. The molecule has 0 unspecified atom stereocenters. The molecule has 6 heteroatoms. The number of urea groups is 1. The first kappa shape index (κ1) is 17.1. The minimum atomic E-state index is -0.144. The van der Waals surface area contributed by atoms with Crippen LogP contribution in [0.2, 0.25) is 0 Å². The van der Waals surface area contributed by atoms with Gasteiger partial charge in [-0.3, -0.25) is 19.6 Å². The largest absolute Gasteiger partial charge is 0.352 e. The van der Waals surface area contributed by atoms with Crippen molar-refractivity contribution in [2.45, 2.75) is 45.1 Å². The van der Waals surface area contributed by atoms with Gasteiger partial charge in [0.25, 0.3) is 0 Å². The van der Waals surface area contributed by atoms with E-state index in [4.69, 9.17) is 0 Å². The van der Waals surface area contributed by atoms with Crippen LogP contribution in [0.4, 0.5) is 10.5 Å². The highest BCUT2D eigenvalue weighted by Gasteiger charge is 2.37. The maximum Gasteiger partial charge on any atom is 0.330 e. The van der Waals surface area contributed by atoms with Crippen molar-refractivity contribution in [2.75, 3.05) is 24.5 Å². The van der Waals surface area contributed by atoms with Gasteiger partial charge < -0.3 is 5.32 Å². The summed E-state index contributed by atoms with van der Waals surface area (Å²) >= 11 is 0. The van der Waals surface area contributed by atoms with Gasteiger partial charge in [0.2, 0.25) is 5.91 Å². The Morgan fingerprint density at radius 1 is 1.23 bits per heavy atom. The van der Waals surface area contributed by atoms with Crippen molar-refractivity contribution in [1.29, 1.82) is 0 Å². The second-order valence-electron chi connectivity index (χ2n) is 7.53. The van der Waals surface area contributed by atoms with Crippen LogP contribution >= 0.6 is 0 Å². The van der Waals surface area contributed by atoms with Crippen molar-refractivity contribution in [3.8, 4) is 0 Å². The number of rotatable bonds is 3. The monoisotopic (exact) mass is 354 g/mol. The number of fused-ring (bicyclic) bond motifs is 3. The summed E-state index contributed by atoms with van der Waals surface area (Å²) in [5.74, 6) is 1.16. The van der Waals surface area contributed by atoms with Crippen LogP contribution < -0.4 is 10.2 Å². The molecule has 0 bridgehead atoms. The molecule has 0 radical (unpaired) electrons. The normalized spacial score (nSPS) is 25.3. The Bertz CT molecular complexity index is 745. The Morgan fingerprint density at radius 2 is 2.04 bits per heavy atom. The Hall–Kier alpha value is -2.37. The number of para-hydroxylation sites is 1. The lowest BCUT2D eigenvalue weighted by molar-refractivity contribution is -0.121. The fraction of sp³-hybridized carbons (Fsp3) is 0.550. The van der Waals surface area contributed by atoms with Crippen molar-refractivity contribution >= 4 is 23.5 Å². The van der Waals surface area contributed by atoms with E-state index in [0.29, 0.717) is 12.5 Å². The number of benzene rings is 1. The number of amides is 3. The number of aliphatic imine (C=N–C) groups is 1. The van der Waals surface area contributed by atoms with Gasteiger partial charge in [-0.05, 0) is 37.3 Å². The first-order chi connectivity index (χ1) is 12.6. The van der Waals surface area contributed by atoms with Crippen LogP contribution in [-0.4, -0.2) is 48.3 Å². The minimum absolute atomic E-state index is 0.0584. The molecular formula is C20H26N4O2. The highest BCUT2D eigenvalue weighted by atomic mass is 16.2. The highest BCUT2D eigenvalue weighted by Crippen LogP contribution is 2.30. The van der Waals surface area contributed by atoms with Gasteiger partial charge in [-0.15, -0.1) is 0 Å². The molecule has 6 nitrogen and oxygen atoms in total. The average molecular weight is 354 g/mol. The van der Waals surface area contributed by atoms with Crippen molar-refractivity contribution in [1.82, 2.24) is 10.2 Å². The second-order valence-corrected chi connectivity index (χ2v) is 7.53. The average Bonchev–Trinajstić information content (AvgIpc) is 2.67. The lowest BCUT2D eigenvalue weighted by atomic mass is 9.86. The molecule has 138 valence electrons. The van der Waals surface area contributed by atoms with Gasteiger partial charge in [0.15, 0.2) is 0 Å². The number of hydrogen-bond donors (Lipinski definition) is 1. The third-order valence-corrected chi connectivity index (χ3v) is 5.71. The first-order valence-electron chi connectivity index (χ1n) is 9.67. The molecule has 2 atom stereocenters. The molecule has 1 fully saturated rings. The zero-order valence-corrected chi connectivity index (χ0v) is 15.3. The van der Waals surface area contributed by atoms with Crippen LogP contribution in [0, 0.1) is 5.92 Å². The summed E-state index contributed by atoms with van der Waals surface area (Å²) in [5.41, 5.74) is 1.71. The summed E-state index contributed by atoms with van der Waals surface area (Å²) in [4.78, 5) is 33.6. The molecule has 0 spiro atoms. The molecule has 0 saturated heterocycles. The number of nitrogens with one attached hydrogen (secondary N) is 1.